The van der Waals surface area contributed by atoms with E-state index in [0.29, 0.717) is 0 Å². The van der Waals surface area contributed by atoms with Gasteiger partial charge < -0.3 is 9.53 Å². The lowest BCUT2D eigenvalue weighted by molar-refractivity contribution is 0.201. The average molecular weight is 268 g/mol. The summed E-state index contributed by atoms with van der Waals surface area (Å²) in [5.41, 5.74) is 0. The second kappa shape index (κ2) is 7.78. The van der Waals surface area contributed by atoms with E-state index < -0.39 is 14.4 Å². The van der Waals surface area contributed by atoms with Crippen molar-refractivity contribution in [2.24, 2.45) is 0 Å². The molecule has 3 heteroatoms. The molecule has 0 fully saturated rings. The molecule has 0 spiro atoms. The minimum atomic E-state index is -1.61. The molecule has 1 atom stereocenters. The van der Waals surface area contributed by atoms with Crippen LogP contribution in [0.1, 0.15) is 40.0 Å². The quantitative estimate of drug-likeness (QED) is 0.433. The first-order valence-corrected chi connectivity index (χ1v) is 9.56. The van der Waals surface area contributed by atoms with E-state index in [1.54, 1.807) is 12.2 Å². The van der Waals surface area contributed by atoms with Gasteiger partial charge in [-0.2, -0.15) is 0 Å². The minimum Gasteiger partial charge on any atom is -0.417 e. The highest BCUT2D eigenvalue weighted by Crippen LogP contribution is 2.36. The molecule has 18 heavy (non-hydrogen) atoms. The third-order valence-corrected chi connectivity index (χ3v) is 8.12. The minimum absolute atomic E-state index is 0.266. The molecule has 0 rings (SSSR count). The molecule has 0 aromatic carbocycles. The van der Waals surface area contributed by atoms with Gasteiger partial charge in [-0.1, -0.05) is 26.7 Å². The molecule has 0 aliphatic heterocycles. The van der Waals surface area contributed by atoms with E-state index in [-0.39, 0.29) is 5.04 Å². The van der Waals surface area contributed by atoms with E-state index >= 15 is 0 Å². The Morgan fingerprint density at radius 3 is 2.44 bits per heavy atom. The highest BCUT2D eigenvalue weighted by molar-refractivity contribution is 6.74. The summed E-state index contributed by atoms with van der Waals surface area (Å²) < 4.78 is 6.06. The second-order valence-electron chi connectivity index (χ2n) is 6.20. The van der Waals surface area contributed by atoms with Crippen molar-refractivity contribution in [3.63, 3.8) is 0 Å². The van der Waals surface area contributed by atoms with E-state index in [1.165, 1.54) is 0 Å². The Labute approximate surface area is 114 Å². The van der Waals surface area contributed by atoms with Gasteiger partial charge in [-0.25, -0.2) is 0 Å². The summed E-state index contributed by atoms with van der Waals surface area (Å²) in [6.07, 6.45) is 10.6. The number of aliphatic hydroxyl groups excluding tert-OH is 1. The maximum Gasteiger partial charge on any atom is 0.191 e. The Kier molecular flexibility index (Phi) is 7.54. The van der Waals surface area contributed by atoms with E-state index in [9.17, 15) is 5.11 Å². The number of allylic oxidation sites excluding steroid dienone is 1. The normalized spacial score (nSPS) is 14.7. The monoisotopic (exact) mass is 268 g/mol. The van der Waals surface area contributed by atoms with Crippen LogP contribution >= 0.6 is 0 Å². The lowest BCUT2D eigenvalue weighted by atomic mass is 10.1. The predicted octanol–water partition coefficient (Wildman–Crippen LogP) is 3.73. The van der Waals surface area contributed by atoms with Gasteiger partial charge in [0, 0.05) is 6.61 Å². The third-order valence-electron chi connectivity index (χ3n) is 3.58. The van der Waals surface area contributed by atoms with Crippen LogP contribution in [0.25, 0.3) is 0 Å². The standard InChI is InChI=1S/C15H28O2Si/c1-7-8-11-14(16)12-9-10-13-17-18(5,6)15(2,3)4/h1,8,11,14,16H,9-10,12-13H2,2-6H3/b11-8-/t14-/m1/s1. The van der Waals surface area contributed by atoms with Crippen molar-refractivity contribution >= 4 is 8.32 Å². The van der Waals surface area contributed by atoms with Crippen LogP contribution in [-0.2, 0) is 4.43 Å². The van der Waals surface area contributed by atoms with E-state index in [2.05, 4.69) is 39.8 Å². The summed E-state index contributed by atoms with van der Waals surface area (Å²) in [7, 11) is -1.61. The fraction of sp³-hybridized carbons (Fsp3) is 0.733. The van der Waals surface area contributed by atoms with Crippen LogP contribution in [-0.4, -0.2) is 26.1 Å². The Morgan fingerprint density at radius 1 is 1.33 bits per heavy atom. The molecule has 0 saturated heterocycles. The van der Waals surface area contributed by atoms with Crippen LogP contribution in [0.15, 0.2) is 12.2 Å². The smallest absolute Gasteiger partial charge is 0.191 e. The zero-order valence-electron chi connectivity index (χ0n) is 12.5. The molecular weight excluding hydrogens is 240 g/mol. The number of rotatable bonds is 7. The second-order valence-corrected chi connectivity index (χ2v) is 11.0. The van der Waals surface area contributed by atoms with Crippen LogP contribution in [0.5, 0.6) is 0 Å². The molecule has 0 aromatic heterocycles. The van der Waals surface area contributed by atoms with Crippen LogP contribution in [0.4, 0.5) is 0 Å². The van der Waals surface area contributed by atoms with Crippen molar-refractivity contribution in [1.29, 1.82) is 0 Å². The topological polar surface area (TPSA) is 29.5 Å². The largest absolute Gasteiger partial charge is 0.417 e. The van der Waals surface area contributed by atoms with Gasteiger partial charge in [-0.3, -0.25) is 0 Å². The summed E-state index contributed by atoms with van der Waals surface area (Å²) in [5, 5.41) is 9.82. The van der Waals surface area contributed by atoms with Gasteiger partial charge in [-0.15, -0.1) is 6.42 Å². The SMILES string of the molecule is C#C/C=C\[C@@H](O)CCCCO[Si](C)(C)C(C)(C)C. The van der Waals surface area contributed by atoms with Gasteiger partial charge in [0.25, 0.3) is 0 Å². The lowest BCUT2D eigenvalue weighted by Gasteiger charge is -2.36. The molecule has 0 aromatic rings. The first-order valence-electron chi connectivity index (χ1n) is 6.65. The molecule has 0 heterocycles. The van der Waals surface area contributed by atoms with Crippen LogP contribution in [0.2, 0.25) is 18.1 Å². The molecule has 2 nitrogen and oxygen atoms in total. The van der Waals surface area contributed by atoms with Crippen LogP contribution < -0.4 is 0 Å². The number of hydrogen-bond donors (Lipinski definition) is 1. The highest BCUT2D eigenvalue weighted by Gasteiger charge is 2.36. The summed E-state index contributed by atoms with van der Waals surface area (Å²) >= 11 is 0. The molecule has 0 aliphatic rings. The van der Waals surface area contributed by atoms with Gasteiger partial charge >= 0.3 is 0 Å². The molecule has 1 N–H and O–H groups in total. The zero-order valence-corrected chi connectivity index (χ0v) is 13.5. The van der Waals surface area contributed by atoms with Crippen LogP contribution in [0, 0.1) is 12.3 Å². The van der Waals surface area contributed by atoms with Crippen molar-refractivity contribution in [2.75, 3.05) is 6.61 Å². The number of unbranched alkanes of at least 4 members (excludes halogenated alkanes) is 1. The van der Waals surface area contributed by atoms with Gasteiger partial charge in [0.05, 0.1) is 6.10 Å². The third kappa shape index (κ3) is 7.00. The molecule has 0 aliphatic carbocycles. The average Bonchev–Trinajstić information content (AvgIpc) is 2.24. The molecule has 0 saturated carbocycles. The van der Waals surface area contributed by atoms with Crippen molar-refractivity contribution in [3.05, 3.63) is 12.2 Å². The van der Waals surface area contributed by atoms with Gasteiger partial charge in [0.15, 0.2) is 8.32 Å². The number of hydrogen-bond acceptors (Lipinski definition) is 2. The lowest BCUT2D eigenvalue weighted by Crippen LogP contribution is -2.40. The number of aliphatic hydroxyl groups is 1. The van der Waals surface area contributed by atoms with Crippen LogP contribution in [0.3, 0.4) is 0 Å². The molecule has 0 unspecified atom stereocenters. The van der Waals surface area contributed by atoms with Gasteiger partial charge in [-0.05, 0) is 49.5 Å². The van der Waals surface area contributed by atoms with Gasteiger partial charge in [0.2, 0.25) is 0 Å². The summed E-state index contributed by atoms with van der Waals surface area (Å²) in [4.78, 5) is 0. The molecule has 0 bridgehead atoms. The highest BCUT2D eigenvalue weighted by atomic mass is 28.4. The van der Waals surface area contributed by atoms with Crippen molar-refractivity contribution < 1.29 is 9.53 Å². The molecule has 104 valence electrons. The van der Waals surface area contributed by atoms with Crippen molar-refractivity contribution in [2.45, 2.75) is 64.3 Å². The van der Waals surface area contributed by atoms with Crippen molar-refractivity contribution in [1.82, 2.24) is 0 Å². The summed E-state index contributed by atoms with van der Waals surface area (Å²) in [6.45, 7) is 12.0. The Bertz CT molecular complexity index is 295. The first kappa shape index (κ1) is 17.4. The molecule has 0 amide bonds. The maximum atomic E-state index is 9.55. The van der Waals surface area contributed by atoms with E-state index in [0.717, 1.165) is 25.9 Å². The number of terminal acetylenes is 1. The van der Waals surface area contributed by atoms with E-state index in [1.807, 2.05) is 0 Å². The summed E-state index contributed by atoms with van der Waals surface area (Å²) in [5.74, 6) is 2.38. The maximum absolute atomic E-state index is 9.55. The summed E-state index contributed by atoms with van der Waals surface area (Å²) in [6, 6.07) is 0. The zero-order chi connectivity index (χ0) is 14.2. The Morgan fingerprint density at radius 2 is 1.94 bits per heavy atom. The van der Waals surface area contributed by atoms with Gasteiger partial charge in [0.1, 0.15) is 0 Å². The fourth-order valence-corrected chi connectivity index (χ4v) is 2.35. The first-order chi connectivity index (χ1) is 8.20. The molecular formula is C15H28O2Si. The fourth-order valence-electron chi connectivity index (χ4n) is 1.26. The predicted molar refractivity (Wildman–Crippen MR) is 81.0 cm³/mol. The Balaban J connectivity index is 3.76. The van der Waals surface area contributed by atoms with Crippen molar-refractivity contribution in [3.8, 4) is 12.3 Å². The Hall–Kier alpha value is -0.563. The molecule has 0 radical (unpaired) electrons. The van der Waals surface area contributed by atoms with E-state index in [4.69, 9.17) is 10.8 Å².